The van der Waals surface area contributed by atoms with Crippen LogP contribution in [0.2, 0.25) is 25.1 Å². The lowest BCUT2D eigenvalue weighted by Gasteiger charge is -2.13. The third-order valence-electron chi connectivity index (χ3n) is 2.45. The molecular weight excluding hydrogens is 705 g/mol. The third kappa shape index (κ3) is 4.68. The first-order chi connectivity index (χ1) is 10.7. The van der Waals surface area contributed by atoms with Crippen LogP contribution in [0.5, 0.6) is 0 Å². The summed E-state index contributed by atoms with van der Waals surface area (Å²) in [5.74, 6) is 0. The Morgan fingerprint density at radius 1 is 0.565 bits per heavy atom. The normalized spacial score (nSPS) is 11.2. The van der Waals surface area contributed by atoms with Crippen molar-refractivity contribution in [2.24, 2.45) is 0 Å². The molecule has 0 radical (unpaired) electrons. The summed E-state index contributed by atoms with van der Waals surface area (Å²) in [5.41, 5.74) is 0. The zero-order valence-electron chi connectivity index (χ0n) is 10.3. The molecule has 0 aliphatic heterocycles. The summed E-state index contributed by atoms with van der Waals surface area (Å²) in [4.78, 5) is 1.48. The molecule has 0 bridgehead atoms. The van der Waals surface area contributed by atoms with Gasteiger partial charge in [-0.3, -0.25) is 0 Å². The highest BCUT2D eigenvalue weighted by molar-refractivity contribution is 9.14. The minimum atomic E-state index is 0.144. The van der Waals surface area contributed by atoms with Crippen LogP contribution in [0.3, 0.4) is 0 Å². The number of rotatable bonds is 3. The molecule has 2 aromatic carbocycles. The van der Waals surface area contributed by atoms with Gasteiger partial charge in [-0.05, 0) is 91.4 Å². The molecule has 124 valence electrons. The van der Waals surface area contributed by atoms with E-state index in [4.69, 9.17) is 58.0 Å². The van der Waals surface area contributed by atoms with Gasteiger partial charge < -0.3 is 0 Å². The minimum Gasteiger partial charge on any atom is -0.0813 e. The van der Waals surface area contributed by atoms with Gasteiger partial charge in [-0.15, -0.1) is 0 Å². The van der Waals surface area contributed by atoms with E-state index in [2.05, 4.69) is 63.7 Å². The molecular formula is C12HBr4Cl5S2. The predicted octanol–water partition coefficient (Wildman–Crippen LogP) is 10.8. The van der Waals surface area contributed by atoms with Crippen molar-refractivity contribution >= 4 is 143 Å². The first-order valence-electron chi connectivity index (χ1n) is 5.35. The van der Waals surface area contributed by atoms with E-state index in [1.807, 2.05) is 6.07 Å². The van der Waals surface area contributed by atoms with Gasteiger partial charge in [-0.25, -0.2) is 0 Å². The summed E-state index contributed by atoms with van der Waals surface area (Å²) in [6.07, 6.45) is 0. The average molecular weight is 706 g/mol. The van der Waals surface area contributed by atoms with E-state index < -0.39 is 0 Å². The number of hydrogen-bond donors (Lipinski definition) is 0. The highest BCUT2D eigenvalue weighted by Crippen LogP contribution is 2.55. The van der Waals surface area contributed by atoms with Gasteiger partial charge in [0.15, 0.2) is 0 Å². The van der Waals surface area contributed by atoms with Crippen molar-refractivity contribution in [3.63, 3.8) is 0 Å². The summed E-state index contributed by atoms with van der Waals surface area (Å²) >= 11 is 44.7. The molecule has 0 aliphatic carbocycles. The van der Waals surface area contributed by atoms with E-state index in [0.717, 1.165) is 22.8 Å². The van der Waals surface area contributed by atoms with Crippen LogP contribution in [0.1, 0.15) is 0 Å². The summed E-state index contributed by atoms with van der Waals surface area (Å²) in [6.45, 7) is 0. The first kappa shape index (κ1) is 21.8. The molecule has 0 saturated heterocycles. The average Bonchev–Trinajstić information content (AvgIpc) is 2.52. The second-order valence-corrected chi connectivity index (χ2v) is 11.2. The summed E-state index contributed by atoms with van der Waals surface area (Å²) in [6, 6.07) is 1.93. The Morgan fingerprint density at radius 2 is 0.913 bits per heavy atom. The second-order valence-electron chi connectivity index (χ2n) is 3.86. The number of benzene rings is 2. The molecule has 0 spiro atoms. The lowest BCUT2D eigenvalue weighted by molar-refractivity contribution is 1.32. The molecule has 11 heteroatoms. The monoisotopic (exact) mass is 699 g/mol. The largest absolute Gasteiger partial charge is 0.0813 e. The zero-order valence-corrected chi connectivity index (χ0v) is 22.1. The molecule has 0 saturated carbocycles. The van der Waals surface area contributed by atoms with Crippen LogP contribution in [-0.4, -0.2) is 0 Å². The van der Waals surface area contributed by atoms with Crippen molar-refractivity contribution in [1.82, 2.24) is 0 Å². The number of halogens is 9. The van der Waals surface area contributed by atoms with Crippen molar-refractivity contribution in [2.75, 3.05) is 0 Å². The third-order valence-corrected chi connectivity index (χ3v) is 11.9. The molecule has 0 N–H and O–H groups in total. The maximum absolute atomic E-state index is 6.25. The Morgan fingerprint density at radius 3 is 1.35 bits per heavy atom. The standard InChI is InChI=1S/C12HBr4Cl5S2/c13-2-1-3(14)5(16)11(4(2)15)22-23-12-9(20)7(18)6(17)8(19)10(12)21/h1H. The Bertz CT molecular complexity index is 745. The van der Waals surface area contributed by atoms with Crippen LogP contribution >= 0.6 is 143 Å². The van der Waals surface area contributed by atoms with E-state index >= 15 is 0 Å². The van der Waals surface area contributed by atoms with Crippen LogP contribution in [0.15, 0.2) is 33.7 Å². The predicted molar refractivity (Wildman–Crippen MR) is 120 cm³/mol. The molecule has 0 aromatic heterocycles. The van der Waals surface area contributed by atoms with Gasteiger partial charge in [0.25, 0.3) is 0 Å². The van der Waals surface area contributed by atoms with E-state index in [0.29, 0.717) is 4.90 Å². The molecule has 0 atom stereocenters. The van der Waals surface area contributed by atoms with Gasteiger partial charge in [0.05, 0.1) is 30.0 Å². The van der Waals surface area contributed by atoms with E-state index in [1.54, 1.807) is 0 Å². The van der Waals surface area contributed by atoms with Crippen LogP contribution in [-0.2, 0) is 0 Å². The van der Waals surface area contributed by atoms with E-state index in [9.17, 15) is 0 Å². The second kappa shape index (κ2) is 9.13. The molecule has 0 nitrogen and oxygen atoms in total. The summed E-state index contributed by atoms with van der Waals surface area (Å²) < 4.78 is 3.59. The van der Waals surface area contributed by atoms with Crippen molar-refractivity contribution in [2.45, 2.75) is 9.79 Å². The molecule has 0 fully saturated rings. The van der Waals surface area contributed by atoms with Crippen molar-refractivity contribution in [3.05, 3.63) is 49.1 Å². The fourth-order valence-electron chi connectivity index (χ4n) is 1.37. The van der Waals surface area contributed by atoms with Gasteiger partial charge in [-0.2, -0.15) is 0 Å². The quantitative estimate of drug-likeness (QED) is 0.177. The molecule has 0 aliphatic rings. The van der Waals surface area contributed by atoms with Crippen LogP contribution < -0.4 is 0 Å². The lowest BCUT2D eigenvalue weighted by atomic mass is 10.3. The van der Waals surface area contributed by atoms with E-state index in [1.165, 1.54) is 21.6 Å². The van der Waals surface area contributed by atoms with Gasteiger partial charge in [0.1, 0.15) is 0 Å². The van der Waals surface area contributed by atoms with Crippen LogP contribution in [0.4, 0.5) is 0 Å². The zero-order chi connectivity index (χ0) is 17.5. The molecule has 0 unspecified atom stereocenters. The maximum atomic E-state index is 6.25. The Hall–Kier alpha value is 2.51. The van der Waals surface area contributed by atoms with Gasteiger partial charge in [-0.1, -0.05) is 58.0 Å². The highest BCUT2D eigenvalue weighted by atomic mass is 79.9. The Balaban J connectivity index is 2.44. The molecule has 0 heterocycles. The molecule has 23 heavy (non-hydrogen) atoms. The van der Waals surface area contributed by atoms with Crippen molar-refractivity contribution in [3.8, 4) is 0 Å². The topological polar surface area (TPSA) is 0 Å². The Labute approximate surface area is 199 Å². The van der Waals surface area contributed by atoms with E-state index in [-0.39, 0.29) is 25.1 Å². The Kier molecular flexibility index (Phi) is 8.66. The minimum absolute atomic E-state index is 0.144. The van der Waals surface area contributed by atoms with Crippen LogP contribution in [0.25, 0.3) is 0 Å². The smallest absolute Gasteiger partial charge is 0.0809 e. The number of hydrogen-bond acceptors (Lipinski definition) is 2. The van der Waals surface area contributed by atoms with Crippen molar-refractivity contribution in [1.29, 1.82) is 0 Å². The SMILES string of the molecule is Clc1c(Cl)c(Cl)c(SSc2c(Br)c(Br)cc(Br)c2Br)c(Cl)c1Cl. The molecule has 2 aromatic rings. The molecule has 2 rings (SSSR count). The van der Waals surface area contributed by atoms with Gasteiger partial charge in [0, 0.05) is 22.8 Å². The summed E-state index contributed by atoms with van der Waals surface area (Å²) in [5, 5.41) is 1.04. The summed E-state index contributed by atoms with van der Waals surface area (Å²) in [7, 11) is 2.77. The fourth-order valence-corrected chi connectivity index (χ4v) is 8.95. The van der Waals surface area contributed by atoms with Crippen LogP contribution in [0, 0.1) is 0 Å². The first-order valence-corrected chi connectivity index (χ1v) is 12.6. The highest BCUT2D eigenvalue weighted by Gasteiger charge is 2.21. The fraction of sp³-hybridized carbons (Fsp3) is 0. The van der Waals surface area contributed by atoms with Crippen molar-refractivity contribution < 1.29 is 0 Å². The maximum Gasteiger partial charge on any atom is 0.0809 e. The van der Waals surface area contributed by atoms with Gasteiger partial charge in [0.2, 0.25) is 0 Å². The molecule has 0 amide bonds. The lowest BCUT2D eigenvalue weighted by Crippen LogP contribution is -1.84. The van der Waals surface area contributed by atoms with Gasteiger partial charge >= 0.3 is 0 Å².